The SMILES string of the molecule is CN=C(NCCc1ccco1)NCC1(c2ccc(F)cc2Cl)CC1. The van der Waals surface area contributed by atoms with Crippen molar-refractivity contribution in [1.82, 2.24) is 10.6 Å². The second kappa shape index (κ2) is 7.26. The Morgan fingerprint density at radius 1 is 1.33 bits per heavy atom. The minimum atomic E-state index is -0.303. The van der Waals surface area contributed by atoms with Crippen LogP contribution in [0.15, 0.2) is 46.0 Å². The zero-order chi connectivity index (χ0) is 17.0. The maximum Gasteiger partial charge on any atom is 0.191 e. The summed E-state index contributed by atoms with van der Waals surface area (Å²) in [5.74, 6) is 1.38. The van der Waals surface area contributed by atoms with Crippen LogP contribution in [0.2, 0.25) is 5.02 Å². The Hall–Kier alpha value is -2.01. The molecule has 0 bridgehead atoms. The monoisotopic (exact) mass is 349 g/mol. The Morgan fingerprint density at radius 3 is 2.79 bits per heavy atom. The summed E-state index contributed by atoms with van der Waals surface area (Å²) in [6.07, 6.45) is 4.54. The molecule has 1 aromatic heterocycles. The van der Waals surface area contributed by atoms with Crippen molar-refractivity contribution in [3.8, 4) is 0 Å². The van der Waals surface area contributed by atoms with Gasteiger partial charge in [0.1, 0.15) is 11.6 Å². The van der Waals surface area contributed by atoms with Gasteiger partial charge in [0, 0.05) is 37.0 Å². The van der Waals surface area contributed by atoms with Gasteiger partial charge in [-0.3, -0.25) is 4.99 Å². The van der Waals surface area contributed by atoms with Gasteiger partial charge in [0.05, 0.1) is 6.26 Å². The average molecular weight is 350 g/mol. The number of hydrogen-bond acceptors (Lipinski definition) is 2. The molecule has 0 radical (unpaired) electrons. The fourth-order valence-corrected chi connectivity index (χ4v) is 3.21. The molecule has 24 heavy (non-hydrogen) atoms. The molecule has 128 valence electrons. The van der Waals surface area contributed by atoms with Gasteiger partial charge in [-0.15, -0.1) is 0 Å². The van der Waals surface area contributed by atoms with Gasteiger partial charge >= 0.3 is 0 Å². The highest BCUT2D eigenvalue weighted by Gasteiger charge is 2.45. The summed E-state index contributed by atoms with van der Waals surface area (Å²) in [6.45, 7) is 1.45. The molecule has 3 rings (SSSR count). The first-order valence-corrected chi connectivity index (χ1v) is 8.43. The molecule has 0 aliphatic heterocycles. The van der Waals surface area contributed by atoms with Gasteiger partial charge in [-0.2, -0.15) is 0 Å². The maximum atomic E-state index is 13.2. The van der Waals surface area contributed by atoms with E-state index in [0.717, 1.165) is 49.6 Å². The molecule has 1 aromatic carbocycles. The third kappa shape index (κ3) is 3.90. The van der Waals surface area contributed by atoms with Gasteiger partial charge in [-0.25, -0.2) is 4.39 Å². The van der Waals surface area contributed by atoms with Crippen molar-refractivity contribution in [2.75, 3.05) is 20.1 Å². The van der Waals surface area contributed by atoms with Crippen LogP contribution < -0.4 is 10.6 Å². The lowest BCUT2D eigenvalue weighted by Gasteiger charge is -2.20. The first-order chi connectivity index (χ1) is 11.6. The lowest BCUT2D eigenvalue weighted by Crippen LogP contribution is -2.42. The van der Waals surface area contributed by atoms with E-state index in [9.17, 15) is 4.39 Å². The molecule has 2 N–H and O–H groups in total. The Balaban J connectivity index is 1.53. The molecular weight excluding hydrogens is 329 g/mol. The minimum Gasteiger partial charge on any atom is -0.469 e. The normalized spacial score (nSPS) is 16.0. The molecular formula is C18H21ClFN3O. The number of rotatable bonds is 6. The molecule has 0 unspecified atom stereocenters. The van der Waals surface area contributed by atoms with Crippen LogP contribution in [0.1, 0.15) is 24.2 Å². The van der Waals surface area contributed by atoms with Crippen molar-refractivity contribution >= 4 is 17.6 Å². The maximum absolute atomic E-state index is 13.2. The lowest BCUT2D eigenvalue weighted by molar-refractivity contribution is 0.506. The number of benzene rings is 1. The van der Waals surface area contributed by atoms with Gasteiger partial charge in [-0.1, -0.05) is 17.7 Å². The number of aliphatic imine (C=N–C) groups is 1. The second-order valence-electron chi connectivity index (χ2n) is 6.09. The summed E-state index contributed by atoms with van der Waals surface area (Å²) >= 11 is 6.22. The van der Waals surface area contributed by atoms with E-state index in [2.05, 4.69) is 15.6 Å². The first kappa shape index (κ1) is 16.8. The Bertz CT molecular complexity index is 711. The van der Waals surface area contributed by atoms with E-state index < -0.39 is 0 Å². The molecule has 0 amide bonds. The highest BCUT2D eigenvalue weighted by Crippen LogP contribution is 2.50. The average Bonchev–Trinajstić information content (AvgIpc) is 3.16. The number of guanidine groups is 1. The van der Waals surface area contributed by atoms with E-state index in [1.54, 1.807) is 19.4 Å². The number of nitrogens with zero attached hydrogens (tertiary/aromatic N) is 1. The van der Waals surface area contributed by atoms with Crippen LogP contribution in [-0.4, -0.2) is 26.1 Å². The van der Waals surface area contributed by atoms with E-state index in [4.69, 9.17) is 16.0 Å². The molecule has 4 nitrogen and oxygen atoms in total. The van der Waals surface area contributed by atoms with Crippen molar-refractivity contribution in [1.29, 1.82) is 0 Å². The molecule has 1 aliphatic carbocycles. The molecule has 1 fully saturated rings. The third-order valence-electron chi connectivity index (χ3n) is 4.42. The number of nitrogens with one attached hydrogen (secondary N) is 2. The minimum absolute atomic E-state index is 0.0244. The van der Waals surface area contributed by atoms with Gasteiger partial charge in [-0.05, 0) is 42.7 Å². The van der Waals surface area contributed by atoms with Gasteiger partial charge in [0.15, 0.2) is 5.96 Å². The highest BCUT2D eigenvalue weighted by molar-refractivity contribution is 6.31. The van der Waals surface area contributed by atoms with Crippen LogP contribution in [0.3, 0.4) is 0 Å². The smallest absolute Gasteiger partial charge is 0.191 e. The Labute approximate surface area is 146 Å². The molecule has 1 heterocycles. The molecule has 0 saturated heterocycles. The highest BCUT2D eigenvalue weighted by atomic mass is 35.5. The zero-order valence-corrected chi connectivity index (χ0v) is 14.4. The van der Waals surface area contributed by atoms with Crippen LogP contribution >= 0.6 is 11.6 Å². The summed E-state index contributed by atoms with van der Waals surface area (Å²) in [5.41, 5.74) is 0.979. The van der Waals surface area contributed by atoms with Gasteiger partial charge in [0.25, 0.3) is 0 Å². The standard InChI is InChI=1S/C18H21ClFN3O/c1-21-17(22-9-6-14-3-2-10-24-14)23-12-18(7-8-18)15-5-4-13(20)11-16(15)19/h2-5,10-11H,6-9,12H2,1H3,(H2,21,22,23). The molecule has 1 saturated carbocycles. The van der Waals surface area contributed by atoms with E-state index in [0.29, 0.717) is 5.02 Å². The van der Waals surface area contributed by atoms with Gasteiger partial charge in [0.2, 0.25) is 0 Å². The van der Waals surface area contributed by atoms with Crippen molar-refractivity contribution in [2.45, 2.75) is 24.7 Å². The number of hydrogen-bond donors (Lipinski definition) is 2. The van der Waals surface area contributed by atoms with Crippen molar-refractivity contribution in [2.24, 2.45) is 4.99 Å². The van der Waals surface area contributed by atoms with E-state index in [1.165, 1.54) is 12.1 Å². The van der Waals surface area contributed by atoms with Crippen LogP contribution in [-0.2, 0) is 11.8 Å². The largest absolute Gasteiger partial charge is 0.469 e. The fraction of sp³-hybridized carbons (Fsp3) is 0.389. The van der Waals surface area contributed by atoms with Crippen LogP contribution in [0.25, 0.3) is 0 Å². The van der Waals surface area contributed by atoms with Crippen LogP contribution in [0.4, 0.5) is 4.39 Å². The van der Waals surface area contributed by atoms with E-state index in [-0.39, 0.29) is 11.2 Å². The van der Waals surface area contributed by atoms with Crippen LogP contribution in [0.5, 0.6) is 0 Å². The van der Waals surface area contributed by atoms with Crippen LogP contribution in [0, 0.1) is 5.82 Å². The molecule has 6 heteroatoms. The first-order valence-electron chi connectivity index (χ1n) is 8.05. The third-order valence-corrected chi connectivity index (χ3v) is 4.73. The zero-order valence-electron chi connectivity index (χ0n) is 13.6. The quantitative estimate of drug-likeness (QED) is 0.619. The second-order valence-corrected chi connectivity index (χ2v) is 6.49. The molecule has 1 aliphatic rings. The fourth-order valence-electron chi connectivity index (χ4n) is 2.84. The van der Waals surface area contributed by atoms with E-state index in [1.807, 2.05) is 12.1 Å². The van der Waals surface area contributed by atoms with E-state index >= 15 is 0 Å². The summed E-state index contributed by atoms with van der Waals surface area (Å²) < 4.78 is 18.6. The summed E-state index contributed by atoms with van der Waals surface area (Å²) in [7, 11) is 1.74. The lowest BCUT2D eigenvalue weighted by atomic mass is 9.96. The number of halogens is 2. The van der Waals surface area contributed by atoms with Crippen molar-refractivity contribution < 1.29 is 8.81 Å². The molecule has 0 atom stereocenters. The summed E-state index contributed by atoms with van der Waals surface area (Å²) in [4.78, 5) is 4.24. The Kier molecular flexibility index (Phi) is 5.09. The molecule has 2 aromatic rings. The number of furan rings is 1. The molecule has 0 spiro atoms. The van der Waals surface area contributed by atoms with Crippen molar-refractivity contribution in [3.05, 3.63) is 58.8 Å². The topological polar surface area (TPSA) is 49.6 Å². The summed E-state index contributed by atoms with van der Waals surface area (Å²) in [6, 6.07) is 8.48. The predicted molar refractivity (Wildman–Crippen MR) is 94.1 cm³/mol. The van der Waals surface area contributed by atoms with Crippen molar-refractivity contribution in [3.63, 3.8) is 0 Å². The Morgan fingerprint density at radius 2 is 2.17 bits per heavy atom. The van der Waals surface area contributed by atoms with Gasteiger partial charge < -0.3 is 15.1 Å². The summed E-state index contributed by atoms with van der Waals surface area (Å²) in [5, 5.41) is 7.11. The predicted octanol–water partition coefficient (Wildman–Crippen LogP) is 3.51.